The van der Waals surface area contributed by atoms with E-state index in [9.17, 15) is 0 Å². The van der Waals surface area contributed by atoms with E-state index in [0.717, 1.165) is 23.3 Å². The second kappa shape index (κ2) is 3.83. The van der Waals surface area contributed by atoms with E-state index in [1.54, 1.807) is 16.4 Å². The molecule has 0 atom stereocenters. The Morgan fingerprint density at radius 2 is 2.54 bits per heavy atom. The van der Waals surface area contributed by atoms with Crippen LogP contribution in [0.2, 0.25) is 0 Å². The van der Waals surface area contributed by atoms with Gasteiger partial charge in [-0.3, -0.25) is 9.67 Å². The van der Waals surface area contributed by atoms with Crippen molar-refractivity contribution in [3.05, 3.63) is 12.3 Å². The van der Waals surface area contributed by atoms with Crippen molar-refractivity contribution in [2.24, 2.45) is 12.0 Å². The molecule has 13 heavy (non-hydrogen) atoms. The molecule has 0 aliphatic carbocycles. The van der Waals surface area contributed by atoms with E-state index >= 15 is 0 Å². The number of nitrogens with one attached hydrogen (secondary N) is 1. The molecule has 2 heterocycles. The molecule has 5 heteroatoms. The van der Waals surface area contributed by atoms with Crippen LogP contribution in [0, 0.1) is 0 Å². The molecule has 0 fully saturated rings. The van der Waals surface area contributed by atoms with Crippen LogP contribution in [-0.2, 0) is 7.05 Å². The highest BCUT2D eigenvalue weighted by molar-refractivity contribution is 8.14. The zero-order chi connectivity index (χ0) is 9.10. The minimum atomic E-state index is 0.871. The number of nitrogens with zero attached hydrogens (tertiary/aromatic N) is 3. The Hall–Kier alpha value is -0.970. The molecule has 70 valence electrons. The summed E-state index contributed by atoms with van der Waals surface area (Å²) in [4.78, 5) is 4.35. The van der Waals surface area contributed by atoms with Crippen LogP contribution in [0.5, 0.6) is 0 Å². The van der Waals surface area contributed by atoms with E-state index in [4.69, 9.17) is 0 Å². The van der Waals surface area contributed by atoms with Gasteiger partial charge in [0.2, 0.25) is 0 Å². The Morgan fingerprint density at radius 3 is 3.15 bits per heavy atom. The first-order valence-electron chi connectivity index (χ1n) is 4.28. The minimum Gasteiger partial charge on any atom is -0.318 e. The maximum atomic E-state index is 4.35. The number of aliphatic imine (C=N–C) groups is 1. The summed E-state index contributed by atoms with van der Waals surface area (Å²) in [6.45, 7) is 0.933. The smallest absolute Gasteiger partial charge is 0.162 e. The predicted molar refractivity (Wildman–Crippen MR) is 56.2 cm³/mol. The summed E-state index contributed by atoms with van der Waals surface area (Å²) in [5.41, 5.74) is 0. The van der Waals surface area contributed by atoms with Crippen LogP contribution in [0.15, 0.2) is 17.3 Å². The first kappa shape index (κ1) is 8.62. The van der Waals surface area contributed by atoms with Gasteiger partial charge in [0.05, 0.1) is 0 Å². The summed E-state index contributed by atoms with van der Waals surface area (Å²) in [7, 11) is 1.90. The van der Waals surface area contributed by atoms with E-state index in [2.05, 4.69) is 15.4 Å². The fourth-order valence-corrected chi connectivity index (χ4v) is 1.95. The quantitative estimate of drug-likeness (QED) is 0.736. The minimum absolute atomic E-state index is 0.871. The lowest BCUT2D eigenvalue weighted by Gasteiger charge is -2.10. The van der Waals surface area contributed by atoms with E-state index in [-0.39, 0.29) is 0 Å². The zero-order valence-corrected chi connectivity index (χ0v) is 8.34. The van der Waals surface area contributed by atoms with Gasteiger partial charge in [-0.2, -0.15) is 5.10 Å². The molecule has 0 aromatic carbocycles. The van der Waals surface area contributed by atoms with Crippen LogP contribution in [-0.4, -0.2) is 27.2 Å². The van der Waals surface area contributed by atoms with Gasteiger partial charge in [0, 0.05) is 31.6 Å². The van der Waals surface area contributed by atoms with Crippen molar-refractivity contribution in [3.8, 4) is 0 Å². The molecular formula is C8H12N4S. The summed E-state index contributed by atoms with van der Waals surface area (Å²) in [5.74, 6) is 2.02. The molecule has 0 amide bonds. The van der Waals surface area contributed by atoms with Crippen LogP contribution >= 0.6 is 11.8 Å². The highest BCUT2D eigenvalue weighted by Crippen LogP contribution is 2.14. The molecular weight excluding hydrogens is 184 g/mol. The third-order valence-electron chi connectivity index (χ3n) is 1.75. The number of anilines is 1. The molecule has 4 nitrogen and oxygen atoms in total. The lowest BCUT2D eigenvalue weighted by atomic mass is 10.5. The average molecular weight is 196 g/mol. The van der Waals surface area contributed by atoms with Crippen molar-refractivity contribution in [1.29, 1.82) is 0 Å². The van der Waals surface area contributed by atoms with Gasteiger partial charge >= 0.3 is 0 Å². The summed E-state index contributed by atoms with van der Waals surface area (Å²) >= 11 is 1.76. The third kappa shape index (κ3) is 2.24. The molecule has 0 spiro atoms. The Kier molecular flexibility index (Phi) is 2.54. The maximum Gasteiger partial charge on any atom is 0.162 e. The van der Waals surface area contributed by atoms with Crippen LogP contribution in [0.4, 0.5) is 5.82 Å². The molecule has 0 bridgehead atoms. The maximum absolute atomic E-state index is 4.35. The number of aromatic nitrogens is 2. The van der Waals surface area contributed by atoms with Crippen LogP contribution < -0.4 is 5.32 Å². The third-order valence-corrected chi connectivity index (χ3v) is 2.74. The number of amidine groups is 1. The van der Waals surface area contributed by atoms with Crippen molar-refractivity contribution in [2.45, 2.75) is 6.42 Å². The Bertz CT molecular complexity index is 318. The van der Waals surface area contributed by atoms with Crippen molar-refractivity contribution >= 4 is 22.7 Å². The Labute approximate surface area is 81.4 Å². The zero-order valence-electron chi connectivity index (χ0n) is 7.53. The van der Waals surface area contributed by atoms with Crippen LogP contribution in [0.25, 0.3) is 0 Å². The largest absolute Gasteiger partial charge is 0.318 e. The predicted octanol–water partition coefficient (Wildman–Crippen LogP) is 1.32. The van der Waals surface area contributed by atoms with Crippen LogP contribution in [0.3, 0.4) is 0 Å². The second-order valence-electron chi connectivity index (χ2n) is 2.89. The van der Waals surface area contributed by atoms with Gasteiger partial charge < -0.3 is 5.32 Å². The van der Waals surface area contributed by atoms with Gasteiger partial charge in [-0.25, -0.2) is 0 Å². The average Bonchev–Trinajstić information content (AvgIpc) is 2.53. The molecule has 1 aromatic rings. The van der Waals surface area contributed by atoms with E-state index in [1.807, 2.05) is 19.3 Å². The molecule has 0 radical (unpaired) electrons. The standard InChI is InChI=1S/C8H12N4S/c1-12-5-3-7(11-12)10-8-9-4-2-6-13-8/h3,5H,2,4,6H2,1H3,(H,9,10,11). The lowest BCUT2D eigenvalue weighted by Crippen LogP contribution is -2.13. The lowest BCUT2D eigenvalue weighted by molar-refractivity contribution is 0.771. The van der Waals surface area contributed by atoms with Gasteiger partial charge in [0.25, 0.3) is 0 Å². The number of hydrogen-bond acceptors (Lipinski definition) is 4. The number of hydrogen-bond donors (Lipinski definition) is 1. The second-order valence-corrected chi connectivity index (χ2v) is 3.97. The van der Waals surface area contributed by atoms with E-state index in [1.165, 1.54) is 6.42 Å². The summed E-state index contributed by atoms with van der Waals surface area (Å²) < 4.78 is 1.77. The summed E-state index contributed by atoms with van der Waals surface area (Å²) in [5, 5.41) is 8.39. The molecule has 0 unspecified atom stereocenters. The highest BCUT2D eigenvalue weighted by atomic mass is 32.2. The van der Waals surface area contributed by atoms with Crippen molar-refractivity contribution < 1.29 is 0 Å². The van der Waals surface area contributed by atoms with E-state index < -0.39 is 0 Å². The first-order chi connectivity index (χ1) is 6.34. The summed E-state index contributed by atoms with van der Waals surface area (Å²) in [6, 6.07) is 1.94. The molecule has 1 aliphatic heterocycles. The van der Waals surface area contributed by atoms with Gasteiger partial charge in [0.1, 0.15) is 0 Å². The highest BCUT2D eigenvalue weighted by Gasteiger charge is 2.06. The monoisotopic (exact) mass is 196 g/mol. The number of thioether (sulfide) groups is 1. The molecule has 0 saturated carbocycles. The Morgan fingerprint density at radius 1 is 1.62 bits per heavy atom. The Balaban J connectivity index is 2.01. The van der Waals surface area contributed by atoms with Crippen LogP contribution in [0.1, 0.15) is 6.42 Å². The fraction of sp³-hybridized carbons (Fsp3) is 0.500. The molecule has 2 rings (SSSR count). The van der Waals surface area contributed by atoms with Gasteiger partial charge in [-0.05, 0) is 6.42 Å². The van der Waals surface area contributed by atoms with Crippen molar-refractivity contribution in [1.82, 2.24) is 9.78 Å². The van der Waals surface area contributed by atoms with E-state index in [0.29, 0.717) is 0 Å². The molecule has 1 aliphatic rings. The number of aryl methyl sites for hydroxylation is 1. The van der Waals surface area contributed by atoms with Crippen molar-refractivity contribution in [3.63, 3.8) is 0 Å². The SMILES string of the molecule is Cn1ccc(NC2=NCCCS2)n1. The fourth-order valence-electron chi connectivity index (χ4n) is 1.13. The van der Waals surface area contributed by atoms with Crippen molar-refractivity contribution in [2.75, 3.05) is 17.6 Å². The summed E-state index contributed by atoms with van der Waals surface area (Å²) in [6.07, 6.45) is 3.09. The number of rotatable bonds is 1. The molecule has 1 aromatic heterocycles. The first-order valence-corrected chi connectivity index (χ1v) is 5.27. The topological polar surface area (TPSA) is 42.2 Å². The van der Waals surface area contributed by atoms with Gasteiger partial charge in [-0.1, -0.05) is 11.8 Å². The molecule has 0 saturated heterocycles. The van der Waals surface area contributed by atoms with Gasteiger partial charge in [-0.15, -0.1) is 0 Å². The van der Waals surface area contributed by atoms with Gasteiger partial charge in [0.15, 0.2) is 11.0 Å². The molecule has 1 N–H and O–H groups in total. The normalized spacial score (nSPS) is 16.8.